The maximum atomic E-state index is 12.3. The van der Waals surface area contributed by atoms with Crippen molar-refractivity contribution in [2.75, 3.05) is 31.5 Å². The van der Waals surface area contributed by atoms with E-state index in [9.17, 15) is 9.59 Å². The van der Waals surface area contributed by atoms with Gasteiger partial charge in [-0.25, -0.2) is 0 Å². The minimum absolute atomic E-state index is 0.0141. The lowest BCUT2D eigenvalue weighted by molar-refractivity contribution is -0.153. The molecule has 2 fully saturated rings. The molecule has 134 valence electrons. The molecule has 7 nitrogen and oxygen atoms in total. The van der Waals surface area contributed by atoms with Crippen LogP contribution >= 0.6 is 0 Å². The number of hydrogen-bond donors (Lipinski definition) is 0. The molecule has 0 radical (unpaired) electrons. The summed E-state index contributed by atoms with van der Waals surface area (Å²) in [5.74, 6) is 0.423. The molecule has 1 amide bonds. The summed E-state index contributed by atoms with van der Waals surface area (Å²) in [5.41, 5.74) is 0.708. The van der Waals surface area contributed by atoms with E-state index in [1.54, 1.807) is 23.1 Å². The van der Waals surface area contributed by atoms with Crippen molar-refractivity contribution in [3.8, 4) is 11.5 Å². The zero-order chi connectivity index (χ0) is 17.2. The predicted octanol–water partition coefficient (Wildman–Crippen LogP) is 1.88. The fourth-order valence-electron chi connectivity index (χ4n) is 3.40. The minimum Gasteiger partial charge on any atom is -0.463 e. The Balaban J connectivity index is 1.35. The molecule has 1 aromatic carbocycles. The molecule has 0 spiro atoms. The summed E-state index contributed by atoms with van der Waals surface area (Å²) in [7, 11) is 0. The molecular formula is C18H21NO6. The number of amides is 1. The van der Waals surface area contributed by atoms with Gasteiger partial charge in [-0.15, -0.1) is 0 Å². The SMILES string of the molecule is O=C(OC[C@H]1CCCCO1)[C@@H]1CC(=O)N(c2ccc3c(c2)OCO3)C1. The summed E-state index contributed by atoms with van der Waals surface area (Å²) >= 11 is 0. The maximum Gasteiger partial charge on any atom is 0.311 e. The van der Waals surface area contributed by atoms with E-state index in [1.807, 2.05) is 0 Å². The number of nitrogens with zero attached hydrogens (tertiary/aromatic N) is 1. The summed E-state index contributed by atoms with van der Waals surface area (Å²) in [6, 6.07) is 5.34. The molecule has 0 aromatic heterocycles. The molecule has 2 atom stereocenters. The first-order chi connectivity index (χ1) is 12.2. The van der Waals surface area contributed by atoms with Crippen LogP contribution in [-0.4, -0.2) is 44.5 Å². The Hall–Kier alpha value is -2.28. The van der Waals surface area contributed by atoms with Crippen molar-refractivity contribution in [1.29, 1.82) is 0 Å². The van der Waals surface area contributed by atoms with Crippen LogP contribution in [0.25, 0.3) is 0 Å². The molecule has 3 aliphatic heterocycles. The average Bonchev–Trinajstić information content (AvgIpc) is 3.26. The molecule has 2 saturated heterocycles. The third-order valence-corrected chi connectivity index (χ3v) is 4.81. The first-order valence-electron chi connectivity index (χ1n) is 8.69. The maximum absolute atomic E-state index is 12.3. The van der Waals surface area contributed by atoms with Crippen LogP contribution in [0.3, 0.4) is 0 Å². The summed E-state index contributed by atoms with van der Waals surface area (Å²) in [4.78, 5) is 26.2. The van der Waals surface area contributed by atoms with E-state index in [1.165, 1.54) is 0 Å². The Morgan fingerprint density at radius 3 is 2.96 bits per heavy atom. The van der Waals surface area contributed by atoms with Crippen LogP contribution in [-0.2, 0) is 19.1 Å². The number of esters is 1. The van der Waals surface area contributed by atoms with Gasteiger partial charge in [-0.3, -0.25) is 9.59 Å². The summed E-state index contributed by atoms with van der Waals surface area (Å²) in [6.07, 6.45) is 3.23. The fraction of sp³-hybridized carbons (Fsp3) is 0.556. The zero-order valence-corrected chi connectivity index (χ0v) is 13.9. The second kappa shape index (κ2) is 6.92. The highest BCUT2D eigenvalue weighted by Gasteiger charge is 2.37. The Morgan fingerprint density at radius 2 is 2.12 bits per heavy atom. The number of hydrogen-bond acceptors (Lipinski definition) is 6. The molecule has 0 saturated carbocycles. The Kier molecular flexibility index (Phi) is 4.48. The second-order valence-corrected chi connectivity index (χ2v) is 6.56. The third-order valence-electron chi connectivity index (χ3n) is 4.81. The first kappa shape index (κ1) is 16.2. The topological polar surface area (TPSA) is 74.3 Å². The van der Waals surface area contributed by atoms with Crippen LogP contribution in [0.1, 0.15) is 25.7 Å². The van der Waals surface area contributed by atoms with E-state index in [0.29, 0.717) is 23.7 Å². The molecular weight excluding hydrogens is 326 g/mol. The number of carbonyl (C=O) groups is 2. The second-order valence-electron chi connectivity index (χ2n) is 6.56. The van der Waals surface area contributed by atoms with Gasteiger partial charge >= 0.3 is 5.97 Å². The molecule has 0 aliphatic carbocycles. The van der Waals surface area contributed by atoms with Crippen LogP contribution < -0.4 is 14.4 Å². The summed E-state index contributed by atoms with van der Waals surface area (Å²) in [5, 5.41) is 0. The molecule has 3 heterocycles. The third kappa shape index (κ3) is 3.42. The van der Waals surface area contributed by atoms with E-state index in [4.69, 9.17) is 18.9 Å². The molecule has 7 heteroatoms. The minimum atomic E-state index is -0.443. The standard InChI is InChI=1S/C18H21NO6/c20-17-7-12(18(21)23-10-14-3-1-2-6-22-14)9-19(17)13-4-5-15-16(8-13)25-11-24-15/h4-5,8,12,14H,1-3,6-7,9-11H2/t12-,14-/m1/s1. The van der Waals surface area contributed by atoms with Crippen molar-refractivity contribution in [2.45, 2.75) is 31.8 Å². The van der Waals surface area contributed by atoms with Crippen LogP contribution in [0.2, 0.25) is 0 Å². The monoisotopic (exact) mass is 347 g/mol. The quantitative estimate of drug-likeness (QED) is 0.774. The predicted molar refractivity (Wildman–Crippen MR) is 87.6 cm³/mol. The van der Waals surface area contributed by atoms with Crippen LogP contribution in [0, 0.1) is 5.92 Å². The average molecular weight is 347 g/mol. The van der Waals surface area contributed by atoms with Gasteiger partial charge in [0, 0.05) is 31.3 Å². The van der Waals surface area contributed by atoms with Gasteiger partial charge in [0.25, 0.3) is 0 Å². The highest BCUT2D eigenvalue weighted by atomic mass is 16.7. The molecule has 1 aromatic rings. The molecule has 25 heavy (non-hydrogen) atoms. The van der Waals surface area contributed by atoms with E-state index in [0.717, 1.165) is 25.9 Å². The molecule has 4 rings (SSSR count). The van der Waals surface area contributed by atoms with Crippen molar-refractivity contribution in [3.05, 3.63) is 18.2 Å². The summed E-state index contributed by atoms with van der Waals surface area (Å²) in [6.45, 7) is 1.50. The lowest BCUT2D eigenvalue weighted by atomic mass is 10.1. The molecule has 0 unspecified atom stereocenters. The number of carbonyl (C=O) groups excluding carboxylic acids is 2. The molecule has 0 N–H and O–H groups in total. The Morgan fingerprint density at radius 1 is 1.24 bits per heavy atom. The number of benzene rings is 1. The van der Waals surface area contributed by atoms with Crippen LogP contribution in [0.15, 0.2) is 18.2 Å². The van der Waals surface area contributed by atoms with Gasteiger partial charge in [0.15, 0.2) is 11.5 Å². The number of fused-ring (bicyclic) bond motifs is 1. The lowest BCUT2D eigenvalue weighted by Gasteiger charge is -2.22. The highest BCUT2D eigenvalue weighted by Crippen LogP contribution is 2.37. The van der Waals surface area contributed by atoms with Crippen molar-refractivity contribution in [1.82, 2.24) is 0 Å². The van der Waals surface area contributed by atoms with Gasteiger partial charge in [-0.1, -0.05) is 0 Å². The van der Waals surface area contributed by atoms with Gasteiger partial charge in [-0.05, 0) is 31.4 Å². The van der Waals surface area contributed by atoms with Crippen molar-refractivity contribution in [3.63, 3.8) is 0 Å². The van der Waals surface area contributed by atoms with Crippen LogP contribution in [0.5, 0.6) is 11.5 Å². The van der Waals surface area contributed by atoms with Crippen molar-refractivity contribution >= 4 is 17.6 Å². The number of rotatable bonds is 4. The van der Waals surface area contributed by atoms with E-state index in [-0.39, 0.29) is 37.8 Å². The summed E-state index contributed by atoms with van der Waals surface area (Å²) < 4.78 is 21.6. The number of anilines is 1. The number of ether oxygens (including phenoxy) is 4. The Labute approximate surface area is 145 Å². The van der Waals surface area contributed by atoms with Crippen molar-refractivity contribution in [2.24, 2.45) is 5.92 Å². The highest BCUT2D eigenvalue weighted by molar-refractivity contribution is 5.99. The van der Waals surface area contributed by atoms with Gasteiger partial charge < -0.3 is 23.8 Å². The van der Waals surface area contributed by atoms with Gasteiger partial charge in [0.05, 0.1) is 12.0 Å². The Bertz CT molecular complexity index is 670. The van der Waals surface area contributed by atoms with Crippen molar-refractivity contribution < 1.29 is 28.5 Å². The van der Waals surface area contributed by atoms with Gasteiger partial charge in [0.1, 0.15) is 6.61 Å². The molecule has 0 bridgehead atoms. The first-order valence-corrected chi connectivity index (χ1v) is 8.69. The van der Waals surface area contributed by atoms with Gasteiger partial charge in [-0.2, -0.15) is 0 Å². The van der Waals surface area contributed by atoms with Crippen LogP contribution in [0.4, 0.5) is 5.69 Å². The normalized spacial score (nSPS) is 25.3. The van der Waals surface area contributed by atoms with Gasteiger partial charge in [0.2, 0.25) is 12.7 Å². The zero-order valence-electron chi connectivity index (χ0n) is 13.9. The fourth-order valence-corrected chi connectivity index (χ4v) is 3.40. The van der Waals surface area contributed by atoms with E-state index in [2.05, 4.69) is 0 Å². The molecule has 3 aliphatic rings. The lowest BCUT2D eigenvalue weighted by Crippen LogP contribution is -2.29. The largest absolute Gasteiger partial charge is 0.463 e. The van der Waals surface area contributed by atoms with E-state index < -0.39 is 5.92 Å². The van der Waals surface area contributed by atoms with E-state index >= 15 is 0 Å². The smallest absolute Gasteiger partial charge is 0.311 e.